The average molecular weight is 281 g/mol. The van der Waals surface area contributed by atoms with Crippen molar-refractivity contribution in [1.29, 1.82) is 0 Å². The predicted molar refractivity (Wildman–Crippen MR) is 79.4 cm³/mol. The maximum atomic E-state index is 12.1. The van der Waals surface area contributed by atoms with Gasteiger partial charge in [0, 0.05) is 11.6 Å². The van der Waals surface area contributed by atoms with Crippen LogP contribution >= 0.6 is 0 Å². The van der Waals surface area contributed by atoms with Crippen molar-refractivity contribution >= 4 is 18.0 Å². The number of allylic oxidation sites excluding steroid dienone is 4. The zero-order valence-corrected chi connectivity index (χ0v) is 11.3. The lowest BCUT2D eigenvalue weighted by molar-refractivity contribution is -0.124. The van der Waals surface area contributed by atoms with Crippen molar-refractivity contribution < 1.29 is 9.59 Å². The fourth-order valence-corrected chi connectivity index (χ4v) is 2.58. The van der Waals surface area contributed by atoms with Crippen molar-refractivity contribution in [3.8, 4) is 0 Å². The molecule has 0 saturated carbocycles. The third-order valence-electron chi connectivity index (χ3n) is 3.57. The Balaban J connectivity index is 2.08. The second-order valence-electron chi connectivity index (χ2n) is 4.90. The maximum Gasteiger partial charge on any atom is 0.269 e. The lowest BCUT2D eigenvalue weighted by Gasteiger charge is -2.21. The minimum absolute atomic E-state index is 0.000183. The molecule has 0 bridgehead atoms. The van der Waals surface area contributed by atoms with Crippen LogP contribution < -0.4 is 10.6 Å². The minimum atomic E-state index is -0.899. The van der Waals surface area contributed by atoms with Crippen LogP contribution in [0.5, 0.6) is 0 Å². The van der Waals surface area contributed by atoms with E-state index >= 15 is 0 Å². The van der Waals surface area contributed by atoms with Gasteiger partial charge in [0.25, 0.3) is 5.91 Å². The normalized spacial score (nSPS) is 24.1. The Morgan fingerprint density at radius 1 is 1.29 bits per heavy atom. The molecular weight excluding hydrogens is 266 g/mol. The molecule has 1 heterocycles. The Morgan fingerprint density at radius 2 is 2.10 bits per heavy atom. The van der Waals surface area contributed by atoms with Crippen LogP contribution in [0.1, 0.15) is 12.0 Å². The zero-order chi connectivity index (χ0) is 14.7. The van der Waals surface area contributed by atoms with E-state index in [9.17, 15) is 9.59 Å². The number of aliphatic imine (C=N–C) groups is 1. The van der Waals surface area contributed by atoms with E-state index in [0.29, 0.717) is 6.41 Å². The van der Waals surface area contributed by atoms with Gasteiger partial charge < -0.3 is 10.6 Å². The van der Waals surface area contributed by atoms with E-state index < -0.39 is 6.17 Å². The molecule has 2 aliphatic rings. The Hall–Kier alpha value is -2.69. The summed E-state index contributed by atoms with van der Waals surface area (Å²) in [5.74, 6) is -0.320. The molecule has 0 spiro atoms. The summed E-state index contributed by atoms with van der Waals surface area (Å²) in [7, 11) is 0. The molecule has 1 aliphatic carbocycles. The van der Waals surface area contributed by atoms with E-state index in [-0.39, 0.29) is 11.8 Å². The number of nitrogens with one attached hydrogen (secondary N) is 2. The summed E-state index contributed by atoms with van der Waals surface area (Å²) in [6.07, 6.45) is 6.22. The molecule has 0 fully saturated rings. The van der Waals surface area contributed by atoms with Gasteiger partial charge in [-0.2, -0.15) is 0 Å². The molecule has 5 heteroatoms. The third kappa shape index (κ3) is 2.63. The van der Waals surface area contributed by atoms with Gasteiger partial charge >= 0.3 is 0 Å². The number of benzene rings is 1. The fourth-order valence-electron chi connectivity index (χ4n) is 2.58. The van der Waals surface area contributed by atoms with Gasteiger partial charge in [-0.05, 0) is 18.1 Å². The standard InChI is InChI=1S/C16H15N3O2/c20-10-17-15-16(21)18-13-9-5-4-8-12(13)14(19-15)11-6-2-1-3-7-11/h1-7,9-10,12,15H,8H2,(H,17,20)(H,18,21). The van der Waals surface area contributed by atoms with Crippen molar-refractivity contribution in [1.82, 2.24) is 10.6 Å². The summed E-state index contributed by atoms with van der Waals surface area (Å²) in [4.78, 5) is 27.3. The van der Waals surface area contributed by atoms with Gasteiger partial charge in [0.15, 0.2) is 0 Å². The van der Waals surface area contributed by atoms with Crippen LogP contribution in [0.4, 0.5) is 0 Å². The maximum absolute atomic E-state index is 12.1. The van der Waals surface area contributed by atoms with Crippen molar-refractivity contribution in [2.45, 2.75) is 12.6 Å². The molecule has 21 heavy (non-hydrogen) atoms. The smallest absolute Gasteiger partial charge is 0.269 e. The number of amides is 2. The fraction of sp³-hybridized carbons (Fsp3) is 0.188. The molecule has 0 aromatic heterocycles. The molecular formula is C16H15N3O2. The van der Waals surface area contributed by atoms with Crippen LogP contribution in [-0.4, -0.2) is 24.2 Å². The second kappa shape index (κ2) is 5.75. The lowest BCUT2D eigenvalue weighted by Crippen LogP contribution is -2.41. The van der Waals surface area contributed by atoms with Gasteiger partial charge in [-0.15, -0.1) is 0 Å². The van der Waals surface area contributed by atoms with Crippen LogP contribution in [0.15, 0.2) is 59.2 Å². The summed E-state index contributed by atoms with van der Waals surface area (Å²) in [5, 5.41) is 5.31. The van der Waals surface area contributed by atoms with Gasteiger partial charge in [-0.1, -0.05) is 42.5 Å². The van der Waals surface area contributed by atoms with Gasteiger partial charge in [0.1, 0.15) is 0 Å². The highest BCUT2D eigenvalue weighted by atomic mass is 16.2. The SMILES string of the molecule is O=CNC1N=C(c2ccccc2)C2CC=CC=C2NC1=O. The van der Waals surface area contributed by atoms with Crippen LogP contribution in [-0.2, 0) is 9.59 Å². The number of rotatable bonds is 3. The first-order chi connectivity index (χ1) is 10.3. The molecule has 1 aromatic carbocycles. The van der Waals surface area contributed by atoms with Crippen LogP contribution in [0.25, 0.3) is 0 Å². The highest BCUT2D eigenvalue weighted by molar-refractivity contribution is 6.07. The zero-order valence-electron chi connectivity index (χ0n) is 11.3. The van der Waals surface area contributed by atoms with Crippen LogP contribution in [0, 0.1) is 5.92 Å². The molecule has 2 atom stereocenters. The number of fused-ring (bicyclic) bond motifs is 1. The van der Waals surface area contributed by atoms with Crippen LogP contribution in [0.3, 0.4) is 0 Å². The molecule has 106 valence electrons. The van der Waals surface area contributed by atoms with Crippen molar-refractivity contribution in [2.75, 3.05) is 0 Å². The van der Waals surface area contributed by atoms with Crippen molar-refractivity contribution in [2.24, 2.45) is 10.9 Å². The molecule has 1 aromatic rings. The van der Waals surface area contributed by atoms with E-state index in [2.05, 4.69) is 15.6 Å². The molecule has 3 rings (SSSR count). The first-order valence-electron chi connectivity index (χ1n) is 6.80. The Bertz CT molecular complexity index is 647. The summed E-state index contributed by atoms with van der Waals surface area (Å²) in [5.41, 5.74) is 2.59. The van der Waals surface area contributed by atoms with E-state index in [0.717, 1.165) is 23.4 Å². The summed E-state index contributed by atoms with van der Waals surface area (Å²) in [6.45, 7) is 0. The summed E-state index contributed by atoms with van der Waals surface area (Å²) in [6, 6.07) is 9.72. The highest BCUT2D eigenvalue weighted by Gasteiger charge is 2.31. The van der Waals surface area contributed by atoms with E-state index in [1.807, 2.05) is 48.6 Å². The molecule has 2 amide bonds. The van der Waals surface area contributed by atoms with Crippen molar-refractivity contribution in [3.05, 3.63) is 59.8 Å². The number of carbonyl (C=O) groups is 2. The first kappa shape index (κ1) is 13.3. The molecule has 1 aliphatic heterocycles. The molecule has 0 saturated heterocycles. The summed E-state index contributed by atoms with van der Waals surface area (Å²) < 4.78 is 0. The summed E-state index contributed by atoms with van der Waals surface area (Å²) >= 11 is 0. The second-order valence-corrected chi connectivity index (χ2v) is 4.90. The molecule has 2 N–H and O–H groups in total. The largest absolute Gasteiger partial charge is 0.329 e. The number of hydrogen-bond donors (Lipinski definition) is 2. The van der Waals surface area contributed by atoms with Gasteiger partial charge in [0.05, 0.1) is 5.71 Å². The molecule has 5 nitrogen and oxygen atoms in total. The van der Waals surface area contributed by atoms with E-state index in [1.54, 1.807) is 0 Å². The quantitative estimate of drug-likeness (QED) is 0.816. The topological polar surface area (TPSA) is 70.6 Å². The third-order valence-corrected chi connectivity index (χ3v) is 3.57. The minimum Gasteiger partial charge on any atom is -0.329 e. The first-order valence-corrected chi connectivity index (χ1v) is 6.80. The van der Waals surface area contributed by atoms with Gasteiger partial charge in [-0.25, -0.2) is 0 Å². The Kier molecular flexibility index (Phi) is 3.64. The molecule has 2 unspecified atom stereocenters. The Morgan fingerprint density at radius 3 is 2.86 bits per heavy atom. The van der Waals surface area contributed by atoms with E-state index in [4.69, 9.17) is 0 Å². The molecule has 0 radical (unpaired) electrons. The highest BCUT2D eigenvalue weighted by Crippen LogP contribution is 2.26. The van der Waals surface area contributed by atoms with E-state index in [1.165, 1.54) is 0 Å². The van der Waals surface area contributed by atoms with Crippen LogP contribution in [0.2, 0.25) is 0 Å². The number of carbonyl (C=O) groups excluding carboxylic acids is 2. The van der Waals surface area contributed by atoms with Gasteiger partial charge in [-0.3, -0.25) is 14.6 Å². The number of nitrogens with zero attached hydrogens (tertiary/aromatic N) is 1. The van der Waals surface area contributed by atoms with Gasteiger partial charge in [0.2, 0.25) is 12.6 Å². The monoisotopic (exact) mass is 281 g/mol. The lowest BCUT2D eigenvalue weighted by atomic mass is 9.88. The Labute approximate surface area is 122 Å². The number of hydrogen-bond acceptors (Lipinski definition) is 3. The van der Waals surface area contributed by atoms with Crippen molar-refractivity contribution in [3.63, 3.8) is 0 Å². The predicted octanol–water partition coefficient (Wildman–Crippen LogP) is 1.14. The average Bonchev–Trinajstić information content (AvgIpc) is 2.66.